The monoisotopic (exact) mass is 604 g/mol. The number of fused-ring (bicyclic) bond motifs is 5. The first kappa shape index (κ1) is 30.9. The minimum atomic E-state index is -0.269. The Morgan fingerprint density at radius 3 is 1.82 bits per heavy atom. The van der Waals surface area contributed by atoms with Gasteiger partial charge in [0.15, 0.2) is 0 Å². The van der Waals surface area contributed by atoms with Gasteiger partial charge in [0.05, 0.1) is 37.6 Å². The maximum absolute atomic E-state index is 7.59. The van der Waals surface area contributed by atoms with Gasteiger partial charge in [-0.25, -0.2) is 0 Å². The summed E-state index contributed by atoms with van der Waals surface area (Å²) in [5, 5.41) is 0. The Morgan fingerprint density at radius 1 is 0.644 bits per heavy atom. The Morgan fingerprint density at radius 2 is 1.22 bits per heavy atom. The minimum Gasteiger partial charge on any atom is -0.371 e. The summed E-state index contributed by atoms with van der Waals surface area (Å²) in [5.41, 5.74) is 5.29. The zero-order valence-corrected chi connectivity index (χ0v) is 27.6. The lowest BCUT2D eigenvalue weighted by molar-refractivity contribution is -0.324. The molecule has 0 N–H and O–H groups in total. The SMILES string of the molecule is CC=C1CCC2C3[C@@H](OCc4ccccc4)[C@H](OCc4ccccc4)C4CCCC[C@]4(C)[C@@]3(OCc3ccccc3)CC[C@]12C. The molecule has 4 aliphatic rings. The van der Waals surface area contributed by atoms with Crippen LogP contribution >= 0.6 is 0 Å². The third kappa shape index (κ3) is 5.43. The summed E-state index contributed by atoms with van der Waals surface area (Å²) in [7, 11) is 0. The Hall–Kier alpha value is -2.72. The maximum Gasteiger partial charge on any atom is 0.0903 e. The van der Waals surface area contributed by atoms with Gasteiger partial charge in [0.1, 0.15) is 0 Å². The van der Waals surface area contributed by atoms with Crippen molar-refractivity contribution in [3.05, 3.63) is 119 Å². The van der Waals surface area contributed by atoms with Crippen molar-refractivity contribution in [2.75, 3.05) is 0 Å². The largest absolute Gasteiger partial charge is 0.371 e. The van der Waals surface area contributed by atoms with Crippen molar-refractivity contribution in [1.29, 1.82) is 0 Å². The molecule has 0 saturated heterocycles. The highest BCUT2D eigenvalue weighted by Gasteiger charge is 2.72. The Balaban J connectivity index is 1.35. The van der Waals surface area contributed by atoms with Gasteiger partial charge < -0.3 is 14.2 Å². The summed E-state index contributed by atoms with van der Waals surface area (Å²) in [6, 6.07) is 32.3. The van der Waals surface area contributed by atoms with E-state index in [1.165, 1.54) is 61.6 Å². The van der Waals surface area contributed by atoms with E-state index in [1.54, 1.807) is 5.57 Å². The second kappa shape index (κ2) is 12.8. The number of allylic oxidation sites excluding steroid dienone is 2. The van der Waals surface area contributed by atoms with Crippen molar-refractivity contribution in [3.63, 3.8) is 0 Å². The molecule has 3 heteroatoms. The third-order valence-corrected chi connectivity index (χ3v) is 12.8. The molecule has 4 aliphatic carbocycles. The second-order valence-electron chi connectivity index (χ2n) is 14.9. The van der Waals surface area contributed by atoms with E-state index in [2.05, 4.69) is 118 Å². The quantitative estimate of drug-likeness (QED) is 0.228. The van der Waals surface area contributed by atoms with E-state index in [-0.39, 0.29) is 34.6 Å². The van der Waals surface area contributed by atoms with Crippen LogP contribution in [-0.2, 0) is 34.0 Å². The van der Waals surface area contributed by atoms with E-state index >= 15 is 0 Å². The maximum atomic E-state index is 7.59. The van der Waals surface area contributed by atoms with Crippen LogP contribution in [0.1, 0.15) is 88.8 Å². The zero-order valence-electron chi connectivity index (χ0n) is 27.6. The van der Waals surface area contributed by atoms with Crippen LogP contribution in [0.4, 0.5) is 0 Å². The molecule has 4 fully saturated rings. The standard InChI is InChI=1S/C42H52O3/c1-4-34-23-24-35-37-39(44-29-32-18-10-6-11-19-32)38(43-28-31-16-8-5-9-17-31)36-22-14-15-25-41(36,3)42(37,27-26-40(34,35)2)45-30-33-20-12-7-13-21-33/h4-13,16-21,35-39H,14-15,22-30H2,1-3H3/t35?,36?,37?,38-,39-,40-,41+,42-/m1/s1. The van der Waals surface area contributed by atoms with Crippen molar-refractivity contribution in [2.45, 2.75) is 110 Å². The molecule has 4 saturated carbocycles. The smallest absolute Gasteiger partial charge is 0.0903 e. The van der Waals surface area contributed by atoms with Crippen LogP contribution in [0, 0.1) is 28.6 Å². The van der Waals surface area contributed by atoms with Gasteiger partial charge in [-0.2, -0.15) is 0 Å². The predicted molar refractivity (Wildman–Crippen MR) is 181 cm³/mol. The normalized spacial score (nSPS) is 36.7. The van der Waals surface area contributed by atoms with Gasteiger partial charge >= 0.3 is 0 Å². The van der Waals surface area contributed by atoms with Gasteiger partial charge in [0.25, 0.3) is 0 Å². The molecule has 0 amide bonds. The van der Waals surface area contributed by atoms with Crippen molar-refractivity contribution in [1.82, 2.24) is 0 Å². The fourth-order valence-corrected chi connectivity index (χ4v) is 10.6. The molecule has 0 aliphatic heterocycles. The lowest BCUT2D eigenvalue weighted by atomic mass is 9.41. The zero-order chi connectivity index (χ0) is 30.9. The highest BCUT2D eigenvalue weighted by atomic mass is 16.5. The highest BCUT2D eigenvalue weighted by Crippen LogP contribution is 2.71. The van der Waals surface area contributed by atoms with Crippen molar-refractivity contribution < 1.29 is 14.2 Å². The van der Waals surface area contributed by atoms with E-state index in [0.29, 0.717) is 31.7 Å². The van der Waals surface area contributed by atoms with Crippen LogP contribution in [0.3, 0.4) is 0 Å². The summed E-state index contributed by atoms with van der Waals surface area (Å²) in [5.74, 6) is 1.13. The molecule has 0 bridgehead atoms. The number of hydrogen-bond acceptors (Lipinski definition) is 3. The number of ether oxygens (including phenoxy) is 3. The molecule has 45 heavy (non-hydrogen) atoms. The Bertz CT molecular complexity index is 1440. The number of benzene rings is 3. The first-order valence-electron chi connectivity index (χ1n) is 17.6. The van der Waals surface area contributed by atoms with E-state index in [0.717, 1.165) is 6.42 Å². The Labute approximate surface area is 271 Å². The lowest BCUT2D eigenvalue weighted by Crippen LogP contribution is -2.73. The lowest BCUT2D eigenvalue weighted by Gasteiger charge is -2.69. The summed E-state index contributed by atoms with van der Waals surface area (Å²) in [6.07, 6.45) is 11.9. The second-order valence-corrected chi connectivity index (χ2v) is 14.9. The topological polar surface area (TPSA) is 27.7 Å². The van der Waals surface area contributed by atoms with Crippen LogP contribution in [0.2, 0.25) is 0 Å². The first-order chi connectivity index (χ1) is 22.0. The summed E-state index contributed by atoms with van der Waals surface area (Å²) in [6.45, 7) is 9.28. The average Bonchev–Trinajstić information content (AvgIpc) is 3.43. The molecular formula is C42H52O3. The molecule has 0 heterocycles. The molecule has 3 aromatic rings. The highest BCUT2D eigenvalue weighted by molar-refractivity contribution is 5.29. The summed E-state index contributed by atoms with van der Waals surface area (Å²) in [4.78, 5) is 0. The molecule has 238 valence electrons. The van der Waals surface area contributed by atoms with Crippen LogP contribution in [0.15, 0.2) is 103 Å². The van der Waals surface area contributed by atoms with Crippen molar-refractivity contribution in [3.8, 4) is 0 Å². The first-order valence-corrected chi connectivity index (χ1v) is 17.6. The Kier molecular flexibility index (Phi) is 8.81. The van der Waals surface area contributed by atoms with Crippen LogP contribution in [-0.4, -0.2) is 17.8 Å². The van der Waals surface area contributed by atoms with Crippen LogP contribution < -0.4 is 0 Å². The minimum absolute atomic E-state index is 0.0126. The molecule has 3 unspecified atom stereocenters. The van der Waals surface area contributed by atoms with Gasteiger partial charge in [0.2, 0.25) is 0 Å². The van der Waals surface area contributed by atoms with Crippen molar-refractivity contribution >= 4 is 0 Å². The molecule has 0 spiro atoms. The summed E-state index contributed by atoms with van der Waals surface area (Å²) >= 11 is 0. The molecular weight excluding hydrogens is 552 g/mol. The van der Waals surface area contributed by atoms with E-state index < -0.39 is 0 Å². The van der Waals surface area contributed by atoms with Gasteiger partial charge in [0, 0.05) is 11.3 Å². The van der Waals surface area contributed by atoms with Crippen LogP contribution in [0.5, 0.6) is 0 Å². The summed E-state index contributed by atoms with van der Waals surface area (Å²) < 4.78 is 22.1. The molecule has 0 radical (unpaired) electrons. The van der Waals surface area contributed by atoms with Gasteiger partial charge in [-0.15, -0.1) is 0 Å². The molecule has 7 rings (SSSR count). The van der Waals surface area contributed by atoms with E-state index in [4.69, 9.17) is 14.2 Å². The predicted octanol–water partition coefficient (Wildman–Crippen LogP) is 10.1. The van der Waals surface area contributed by atoms with Crippen molar-refractivity contribution in [2.24, 2.45) is 28.6 Å². The van der Waals surface area contributed by atoms with Gasteiger partial charge in [-0.1, -0.05) is 129 Å². The molecule has 8 atom stereocenters. The van der Waals surface area contributed by atoms with Crippen LogP contribution in [0.25, 0.3) is 0 Å². The number of rotatable bonds is 9. The van der Waals surface area contributed by atoms with E-state index in [1.807, 2.05) is 0 Å². The average molecular weight is 605 g/mol. The van der Waals surface area contributed by atoms with E-state index in [9.17, 15) is 0 Å². The molecule has 3 aromatic carbocycles. The fraction of sp³-hybridized carbons (Fsp3) is 0.524. The molecule has 3 nitrogen and oxygen atoms in total. The number of hydrogen-bond donors (Lipinski definition) is 0. The third-order valence-electron chi connectivity index (χ3n) is 12.8. The fourth-order valence-electron chi connectivity index (χ4n) is 10.6. The van der Waals surface area contributed by atoms with Gasteiger partial charge in [-0.3, -0.25) is 0 Å². The van der Waals surface area contributed by atoms with Gasteiger partial charge in [-0.05, 0) is 79.4 Å². The molecule has 0 aromatic heterocycles.